The molecular formula is C16H21NO5. The third-order valence-corrected chi connectivity index (χ3v) is 3.61. The molecule has 0 radical (unpaired) electrons. The molecule has 0 aliphatic carbocycles. The Morgan fingerprint density at radius 3 is 2.41 bits per heavy atom. The summed E-state index contributed by atoms with van der Waals surface area (Å²) in [5, 5.41) is 11.2. The minimum Gasteiger partial charge on any atom is -0.466 e. The molecule has 0 aromatic heterocycles. The van der Waals surface area contributed by atoms with Crippen molar-refractivity contribution in [2.75, 3.05) is 6.61 Å². The van der Waals surface area contributed by atoms with Crippen LogP contribution in [-0.2, 0) is 20.7 Å². The molecule has 0 bridgehead atoms. The monoisotopic (exact) mass is 307 g/mol. The highest BCUT2D eigenvalue weighted by molar-refractivity contribution is 5.77. The first kappa shape index (κ1) is 17.8. The molecule has 0 aliphatic rings. The molecule has 6 heteroatoms. The van der Waals surface area contributed by atoms with Gasteiger partial charge in [-0.15, -0.1) is 0 Å². The molecule has 0 fully saturated rings. The lowest BCUT2D eigenvalue weighted by atomic mass is 9.82. The number of esters is 1. The van der Waals surface area contributed by atoms with Crippen LogP contribution in [0.5, 0.6) is 0 Å². The maximum absolute atomic E-state index is 12.2. The molecule has 22 heavy (non-hydrogen) atoms. The summed E-state index contributed by atoms with van der Waals surface area (Å²) < 4.78 is 4.96. The number of hydrogen-bond acceptors (Lipinski definition) is 5. The van der Waals surface area contributed by atoms with Gasteiger partial charge in [0.25, 0.3) is 0 Å². The molecule has 0 heterocycles. The van der Waals surface area contributed by atoms with Gasteiger partial charge in [0.2, 0.25) is 6.04 Å². The Labute approximate surface area is 129 Å². The van der Waals surface area contributed by atoms with Crippen LogP contribution in [0.2, 0.25) is 0 Å². The summed E-state index contributed by atoms with van der Waals surface area (Å²) in [4.78, 5) is 34.4. The zero-order valence-corrected chi connectivity index (χ0v) is 12.8. The summed E-state index contributed by atoms with van der Waals surface area (Å²) in [5.41, 5.74) is 0.854. The summed E-state index contributed by atoms with van der Waals surface area (Å²) in [6.45, 7) is 3.39. The van der Waals surface area contributed by atoms with Crippen molar-refractivity contribution >= 4 is 12.3 Å². The van der Waals surface area contributed by atoms with Crippen LogP contribution in [0, 0.1) is 22.0 Å². The molecule has 0 amide bonds. The standard InChI is InChI=1S/C16H21NO5/c1-3-14(17(20)21)15(16(19)22-4-2)13(11-18)10-12-8-6-5-7-9-12/h5-9,11,13-15H,3-4,10H2,1-2H3/t13-,14+,15+/m0/s1. The van der Waals surface area contributed by atoms with Crippen LogP contribution in [-0.4, -0.2) is 29.8 Å². The van der Waals surface area contributed by atoms with Crippen molar-refractivity contribution in [1.82, 2.24) is 0 Å². The Hall–Kier alpha value is -2.24. The summed E-state index contributed by atoms with van der Waals surface area (Å²) in [6, 6.07) is 8.01. The van der Waals surface area contributed by atoms with Gasteiger partial charge in [0.15, 0.2) is 0 Å². The quantitative estimate of drug-likeness (QED) is 0.302. The zero-order chi connectivity index (χ0) is 16.5. The van der Waals surface area contributed by atoms with Crippen LogP contribution in [0.25, 0.3) is 0 Å². The average Bonchev–Trinajstić information content (AvgIpc) is 2.51. The smallest absolute Gasteiger partial charge is 0.316 e. The van der Waals surface area contributed by atoms with Crippen LogP contribution in [0.1, 0.15) is 25.8 Å². The van der Waals surface area contributed by atoms with E-state index in [0.29, 0.717) is 6.29 Å². The van der Waals surface area contributed by atoms with Crippen LogP contribution in [0.4, 0.5) is 0 Å². The number of aldehydes is 1. The zero-order valence-electron chi connectivity index (χ0n) is 12.8. The molecule has 0 aliphatic heterocycles. The maximum atomic E-state index is 12.2. The molecule has 1 aromatic rings. The van der Waals surface area contributed by atoms with Crippen molar-refractivity contribution in [3.05, 3.63) is 46.0 Å². The lowest BCUT2D eigenvalue weighted by Gasteiger charge is -2.23. The van der Waals surface area contributed by atoms with Gasteiger partial charge in [-0.25, -0.2) is 0 Å². The van der Waals surface area contributed by atoms with Gasteiger partial charge in [0.05, 0.1) is 6.61 Å². The van der Waals surface area contributed by atoms with Gasteiger partial charge < -0.3 is 9.53 Å². The Balaban J connectivity index is 3.07. The molecule has 1 rings (SSSR count). The summed E-state index contributed by atoms with van der Waals surface area (Å²) in [7, 11) is 0. The maximum Gasteiger partial charge on any atom is 0.316 e. The number of carbonyl (C=O) groups is 2. The van der Waals surface area contributed by atoms with E-state index in [1.165, 1.54) is 0 Å². The second-order valence-electron chi connectivity index (χ2n) is 5.03. The van der Waals surface area contributed by atoms with Gasteiger partial charge in [0.1, 0.15) is 12.2 Å². The molecule has 0 saturated heterocycles. The number of rotatable bonds is 9. The van der Waals surface area contributed by atoms with Crippen molar-refractivity contribution in [2.24, 2.45) is 11.8 Å². The second kappa shape index (κ2) is 8.92. The predicted molar refractivity (Wildman–Crippen MR) is 80.9 cm³/mol. The number of nitro groups is 1. The lowest BCUT2D eigenvalue weighted by Crippen LogP contribution is -2.41. The van der Waals surface area contributed by atoms with E-state index in [2.05, 4.69) is 0 Å². The Morgan fingerprint density at radius 2 is 1.95 bits per heavy atom. The molecular weight excluding hydrogens is 286 g/mol. The van der Waals surface area contributed by atoms with E-state index in [0.717, 1.165) is 5.56 Å². The van der Waals surface area contributed by atoms with E-state index >= 15 is 0 Å². The molecule has 0 spiro atoms. The molecule has 120 valence electrons. The van der Waals surface area contributed by atoms with Gasteiger partial charge in [0, 0.05) is 17.3 Å². The van der Waals surface area contributed by atoms with Gasteiger partial charge in [-0.05, 0) is 18.9 Å². The Bertz CT molecular complexity index is 503. The van der Waals surface area contributed by atoms with E-state index in [1.54, 1.807) is 13.8 Å². The fraction of sp³-hybridized carbons (Fsp3) is 0.500. The number of carbonyl (C=O) groups excluding carboxylic acids is 2. The highest BCUT2D eigenvalue weighted by atomic mass is 16.6. The molecule has 1 aromatic carbocycles. The van der Waals surface area contributed by atoms with E-state index in [9.17, 15) is 19.7 Å². The van der Waals surface area contributed by atoms with Gasteiger partial charge in [-0.1, -0.05) is 37.3 Å². The van der Waals surface area contributed by atoms with Crippen molar-refractivity contribution in [2.45, 2.75) is 32.7 Å². The molecule has 0 N–H and O–H groups in total. The number of nitrogens with zero attached hydrogens (tertiary/aromatic N) is 1. The molecule has 0 unspecified atom stereocenters. The van der Waals surface area contributed by atoms with Crippen LogP contribution < -0.4 is 0 Å². The van der Waals surface area contributed by atoms with Crippen molar-refractivity contribution in [3.63, 3.8) is 0 Å². The Kier molecular flexibility index (Phi) is 7.22. The topological polar surface area (TPSA) is 86.5 Å². The fourth-order valence-corrected chi connectivity index (χ4v) is 2.54. The van der Waals surface area contributed by atoms with Crippen LogP contribution in [0.3, 0.4) is 0 Å². The SMILES string of the molecule is CCOC(=O)[C@H]([C@H](C=O)Cc1ccccc1)[C@@H](CC)[N+](=O)[O-]. The first-order valence-electron chi connectivity index (χ1n) is 7.34. The Morgan fingerprint density at radius 1 is 1.32 bits per heavy atom. The highest BCUT2D eigenvalue weighted by Gasteiger charge is 2.42. The highest BCUT2D eigenvalue weighted by Crippen LogP contribution is 2.24. The molecule has 0 saturated carbocycles. The number of ether oxygens (including phenoxy) is 1. The number of hydrogen-bond donors (Lipinski definition) is 0. The minimum atomic E-state index is -1.13. The van der Waals surface area contributed by atoms with Gasteiger partial charge in [-0.2, -0.15) is 0 Å². The van der Waals surface area contributed by atoms with Crippen molar-refractivity contribution in [3.8, 4) is 0 Å². The fourth-order valence-electron chi connectivity index (χ4n) is 2.54. The van der Waals surface area contributed by atoms with Crippen LogP contribution in [0.15, 0.2) is 30.3 Å². The summed E-state index contributed by atoms with van der Waals surface area (Å²) >= 11 is 0. The van der Waals surface area contributed by atoms with E-state index < -0.39 is 28.8 Å². The molecule has 3 atom stereocenters. The second-order valence-corrected chi connectivity index (χ2v) is 5.03. The van der Waals surface area contributed by atoms with E-state index in [1.807, 2.05) is 30.3 Å². The lowest BCUT2D eigenvalue weighted by molar-refractivity contribution is -0.531. The van der Waals surface area contributed by atoms with Crippen molar-refractivity contribution in [1.29, 1.82) is 0 Å². The summed E-state index contributed by atoms with van der Waals surface area (Å²) in [5.74, 6) is -2.53. The van der Waals surface area contributed by atoms with Crippen molar-refractivity contribution < 1.29 is 19.2 Å². The summed E-state index contributed by atoms with van der Waals surface area (Å²) in [6.07, 6.45) is 1.06. The molecule has 6 nitrogen and oxygen atoms in total. The third kappa shape index (κ3) is 4.65. The van der Waals surface area contributed by atoms with E-state index in [4.69, 9.17) is 4.74 Å². The third-order valence-electron chi connectivity index (χ3n) is 3.61. The van der Waals surface area contributed by atoms with E-state index in [-0.39, 0.29) is 19.4 Å². The largest absolute Gasteiger partial charge is 0.466 e. The van der Waals surface area contributed by atoms with Gasteiger partial charge >= 0.3 is 5.97 Å². The minimum absolute atomic E-state index is 0.125. The first-order chi connectivity index (χ1) is 10.5. The average molecular weight is 307 g/mol. The van der Waals surface area contributed by atoms with Crippen LogP contribution >= 0.6 is 0 Å². The first-order valence-corrected chi connectivity index (χ1v) is 7.34. The predicted octanol–water partition coefficient (Wildman–Crippen LogP) is 2.28. The number of benzene rings is 1. The van der Waals surface area contributed by atoms with Gasteiger partial charge in [-0.3, -0.25) is 14.9 Å². The normalized spacial score (nSPS) is 14.6.